The second kappa shape index (κ2) is 10.4. The molecule has 40 heavy (non-hydrogen) atoms. The molecule has 2 aromatic heterocycles. The standard InChI is InChI=1S/C30H21BrN2O6S/c1-3-37-29(36)27-16(2)32-30(40-27)33-24(17-8-7-11-20(14-17)38-19-9-5-4-6-10-19)23-25(34)21-15-18(31)12-13-22(21)39-26(23)28(33)35/h4-15,24H,3H2,1-2H3. The Balaban J connectivity index is 1.54. The fraction of sp³-hybridized carbons (Fsp3) is 0.133. The zero-order valence-electron chi connectivity index (χ0n) is 21.3. The highest BCUT2D eigenvalue weighted by Crippen LogP contribution is 2.44. The number of carbonyl (C=O) groups excluding carboxylic acids is 2. The number of aryl methyl sites for hydroxylation is 1. The average molecular weight is 617 g/mol. The van der Waals surface area contributed by atoms with Crippen molar-refractivity contribution in [2.75, 3.05) is 11.5 Å². The van der Waals surface area contributed by atoms with Gasteiger partial charge in [-0.3, -0.25) is 14.5 Å². The molecule has 0 N–H and O–H groups in total. The van der Waals surface area contributed by atoms with Gasteiger partial charge < -0.3 is 13.9 Å². The average Bonchev–Trinajstić information content (AvgIpc) is 3.47. The fourth-order valence-corrected chi connectivity index (χ4v) is 6.05. The van der Waals surface area contributed by atoms with Crippen LogP contribution in [0.15, 0.2) is 86.5 Å². The number of halogens is 1. The minimum Gasteiger partial charge on any atom is -0.462 e. The predicted octanol–water partition coefficient (Wildman–Crippen LogP) is 7.04. The first-order valence-electron chi connectivity index (χ1n) is 12.4. The smallest absolute Gasteiger partial charge is 0.350 e. The van der Waals surface area contributed by atoms with Gasteiger partial charge in [0.2, 0.25) is 5.76 Å². The number of fused-ring (bicyclic) bond motifs is 2. The summed E-state index contributed by atoms with van der Waals surface area (Å²) >= 11 is 4.45. The number of ether oxygens (including phenoxy) is 2. The molecule has 5 aromatic rings. The number of amides is 1. The second-order valence-corrected chi connectivity index (χ2v) is 10.9. The fourth-order valence-electron chi connectivity index (χ4n) is 4.70. The molecule has 0 spiro atoms. The normalized spacial score (nSPS) is 14.4. The Kier molecular flexibility index (Phi) is 6.73. The minimum absolute atomic E-state index is 0.0651. The van der Waals surface area contributed by atoms with Gasteiger partial charge in [0, 0.05) is 4.47 Å². The third-order valence-corrected chi connectivity index (χ3v) is 8.07. The van der Waals surface area contributed by atoms with Crippen molar-refractivity contribution in [3.05, 3.63) is 115 Å². The number of rotatable bonds is 6. The van der Waals surface area contributed by atoms with E-state index in [1.165, 1.54) is 4.90 Å². The molecule has 0 saturated heterocycles. The van der Waals surface area contributed by atoms with Crippen LogP contribution in [-0.4, -0.2) is 23.5 Å². The second-order valence-electron chi connectivity index (χ2n) is 9.01. The number of hydrogen-bond donors (Lipinski definition) is 0. The summed E-state index contributed by atoms with van der Waals surface area (Å²) in [6, 6.07) is 20.7. The van der Waals surface area contributed by atoms with Gasteiger partial charge in [0.05, 0.1) is 29.3 Å². The number of thiazole rings is 1. The maximum absolute atomic E-state index is 13.9. The Bertz CT molecular complexity index is 1850. The van der Waals surface area contributed by atoms with Gasteiger partial charge in [-0.1, -0.05) is 57.6 Å². The Morgan fingerprint density at radius 3 is 2.60 bits per heavy atom. The lowest BCUT2D eigenvalue weighted by atomic mass is 9.98. The Labute approximate surface area is 240 Å². The van der Waals surface area contributed by atoms with Crippen LogP contribution in [0.4, 0.5) is 5.13 Å². The van der Waals surface area contributed by atoms with Crippen molar-refractivity contribution in [1.82, 2.24) is 4.98 Å². The molecule has 0 fully saturated rings. The van der Waals surface area contributed by atoms with E-state index < -0.39 is 17.9 Å². The molecule has 3 heterocycles. The molecule has 1 atom stereocenters. The molecule has 0 aliphatic carbocycles. The zero-order chi connectivity index (χ0) is 28.0. The third-order valence-electron chi connectivity index (χ3n) is 6.44. The van der Waals surface area contributed by atoms with Crippen molar-refractivity contribution in [2.45, 2.75) is 19.9 Å². The van der Waals surface area contributed by atoms with Crippen molar-refractivity contribution >= 4 is 55.2 Å². The lowest BCUT2D eigenvalue weighted by molar-refractivity contribution is 0.0531. The first-order chi connectivity index (χ1) is 19.4. The first-order valence-corrected chi connectivity index (χ1v) is 14.0. The SMILES string of the molecule is CCOC(=O)c1sc(N2C(=O)c3oc4ccc(Br)cc4c(=O)c3C2c2cccc(Oc3ccccc3)c2)nc1C. The van der Waals surface area contributed by atoms with E-state index in [2.05, 4.69) is 20.9 Å². The van der Waals surface area contributed by atoms with Gasteiger partial charge in [-0.05, 0) is 61.9 Å². The van der Waals surface area contributed by atoms with Crippen molar-refractivity contribution in [2.24, 2.45) is 0 Å². The molecule has 8 nitrogen and oxygen atoms in total. The lowest BCUT2D eigenvalue weighted by Gasteiger charge is -2.23. The topological polar surface area (TPSA) is 98.9 Å². The van der Waals surface area contributed by atoms with Gasteiger partial charge in [-0.25, -0.2) is 9.78 Å². The van der Waals surface area contributed by atoms with Gasteiger partial charge >= 0.3 is 5.97 Å². The molecule has 1 amide bonds. The summed E-state index contributed by atoms with van der Waals surface area (Å²) in [5.74, 6) is 0.0575. The molecule has 1 aliphatic rings. The van der Waals surface area contributed by atoms with Crippen molar-refractivity contribution in [3.8, 4) is 11.5 Å². The van der Waals surface area contributed by atoms with Crippen LogP contribution >= 0.6 is 27.3 Å². The highest BCUT2D eigenvalue weighted by Gasteiger charge is 2.45. The molecule has 3 aromatic carbocycles. The number of aromatic nitrogens is 1. The van der Waals surface area contributed by atoms with Crippen LogP contribution < -0.4 is 15.1 Å². The van der Waals surface area contributed by atoms with Gasteiger partial charge in [-0.15, -0.1) is 0 Å². The van der Waals surface area contributed by atoms with E-state index >= 15 is 0 Å². The highest BCUT2D eigenvalue weighted by molar-refractivity contribution is 9.10. The molecule has 1 aliphatic heterocycles. The first kappa shape index (κ1) is 26.0. The van der Waals surface area contributed by atoms with E-state index in [4.69, 9.17) is 13.9 Å². The quantitative estimate of drug-likeness (QED) is 0.189. The van der Waals surface area contributed by atoms with Gasteiger partial charge in [-0.2, -0.15) is 0 Å². The highest BCUT2D eigenvalue weighted by atomic mass is 79.9. The lowest BCUT2D eigenvalue weighted by Crippen LogP contribution is -2.29. The zero-order valence-corrected chi connectivity index (χ0v) is 23.7. The van der Waals surface area contributed by atoms with Gasteiger partial charge in [0.25, 0.3) is 5.91 Å². The van der Waals surface area contributed by atoms with E-state index in [0.717, 1.165) is 11.3 Å². The van der Waals surface area contributed by atoms with Crippen LogP contribution in [0.2, 0.25) is 0 Å². The molecule has 6 rings (SSSR count). The van der Waals surface area contributed by atoms with Crippen LogP contribution in [-0.2, 0) is 4.74 Å². The summed E-state index contributed by atoms with van der Waals surface area (Å²) in [6.45, 7) is 3.60. The Morgan fingerprint density at radius 2 is 1.82 bits per heavy atom. The Morgan fingerprint density at radius 1 is 1.05 bits per heavy atom. The molecule has 10 heteroatoms. The van der Waals surface area contributed by atoms with Crippen LogP contribution in [0.3, 0.4) is 0 Å². The number of hydrogen-bond acceptors (Lipinski definition) is 8. The molecule has 200 valence electrons. The van der Waals surface area contributed by atoms with Crippen molar-refractivity contribution in [3.63, 3.8) is 0 Å². The summed E-state index contributed by atoms with van der Waals surface area (Å²) in [7, 11) is 0. The van der Waals surface area contributed by atoms with Crippen LogP contribution in [0.25, 0.3) is 11.0 Å². The maximum atomic E-state index is 13.9. The summed E-state index contributed by atoms with van der Waals surface area (Å²) in [4.78, 5) is 46.7. The summed E-state index contributed by atoms with van der Waals surface area (Å²) in [5.41, 5.74) is 1.21. The van der Waals surface area contributed by atoms with E-state index in [1.807, 2.05) is 36.4 Å². The molecule has 0 saturated carbocycles. The van der Waals surface area contributed by atoms with Crippen LogP contribution in [0.5, 0.6) is 11.5 Å². The molecule has 1 unspecified atom stereocenters. The number of para-hydroxylation sites is 1. The van der Waals surface area contributed by atoms with E-state index in [-0.39, 0.29) is 33.4 Å². The number of nitrogens with zero attached hydrogens (tertiary/aromatic N) is 2. The molecule has 0 radical (unpaired) electrons. The minimum atomic E-state index is -0.873. The molecular formula is C30H21BrN2O6S. The number of anilines is 1. The number of carbonyl (C=O) groups is 2. The van der Waals surface area contributed by atoms with Gasteiger partial charge in [0.1, 0.15) is 22.0 Å². The summed E-state index contributed by atoms with van der Waals surface area (Å²) in [6.07, 6.45) is 0. The summed E-state index contributed by atoms with van der Waals surface area (Å²) in [5, 5.41) is 0.591. The number of benzene rings is 3. The third kappa shape index (κ3) is 4.48. The van der Waals surface area contributed by atoms with E-state index in [0.29, 0.717) is 38.2 Å². The molecular weight excluding hydrogens is 596 g/mol. The molecule has 0 bridgehead atoms. The summed E-state index contributed by atoms with van der Waals surface area (Å²) < 4.78 is 18.0. The van der Waals surface area contributed by atoms with Crippen molar-refractivity contribution < 1.29 is 23.5 Å². The monoisotopic (exact) mass is 616 g/mol. The van der Waals surface area contributed by atoms with Crippen molar-refractivity contribution in [1.29, 1.82) is 0 Å². The Hall–Kier alpha value is -4.28. The van der Waals surface area contributed by atoms with Crippen LogP contribution in [0.1, 0.15) is 50.0 Å². The van der Waals surface area contributed by atoms with E-state index in [9.17, 15) is 14.4 Å². The largest absolute Gasteiger partial charge is 0.462 e. The predicted molar refractivity (Wildman–Crippen MR) is 155 cm³/mol. The van der Waals surface area contributed by atoms with Gasteiger partial charge in [0.15, 0.2) is 10.6 Å². The van der Waals surface area contributed by atoms with E-state index in [1.54, 1.807) is 50.2 Å². The maximum Gasteiger partial charge on any atom is 0.350 e. The van der Waals surface area contributed by atoms with Crippen LogP contribution in [0, 0.1) is 6.92 Å². The number of esters is 1.